The lowest BCUT2D eigenvalue weighted by Crippen LogP contribution is -2.29. The van der Waals surface area contributed by atoms with Gasteiger partial charge >= 0.3 is 0 Å². The predicted octanol–water partition coefficient (Wildman–Crippen LogP) is 4.49. The molecular weight excluding hydrogens is 338 g/mol. The van der Waals surface area contributed by atoms with E-state index in [4.69, 9.17) is 0 Å². The van der Waals surface area contributed by atoms with Crippen molar-refractivity contribution in [3.05, 3.63) is 77.2 Å². The van der Waals surface area contributed by atoms with Gasteiger partial charge in [-0.25, -0.2) is 4.98 Å². The second kappa shape index (κ2) is 7.90. The fourth-order valence-corrected chi connectivity index (χ4v) is 3.56. The molecule has 1 aromatic carbocycles. The standard InChI is InChI=1S/C18H15N3OS2/c1-2-12-21-16(22)15(10-6-9-14-7-4-3-5-8-14)24-18(21)20-17-19-11-13-23-17/h2-11,13H,1,12H2/b9-6+,15-10-,20-18+. The summed E-state index contributed by atoms with van der Waals surface area (Å²) in [4.78, 5) is 23.4. The minimum atomic E-state index is -0.0621. The second-order valence-electron chi connectivity index (χ2n) is 4.82. The first-order chi connectivity index (χ1) is 11.8. The first-order valence-corrected chi connectivity index (χ1v) is 9.00. The minimum Gasteiger partial charge on any atom is -0.282 e. The molecule has 1 aliphatic heterocycles. The van der Waals surface area contributed by atoms with Crippen LogP contribution in [0, 0.1) is 0 Å². The minimum absolute atomic E-state index is 0.0621. The zero-order chi connectivity index (χ0) is 16.8. The SMILES string of the molecule is C=CCN1C(=O)/C(=C/C=C/c2ccccc2)S/C1=N/c1nccs1. The molecule has 1 amide bonds. The highest BCUT2D eigenvalue weighted by atomic mass is 32.2. The Labute approximate surface area is 148 Å². The number of rotatable bonds is 5. The molecule has 120 valence electrons. The quantitative estimate of drug-likeness (QED) is 0.588. The molecule has 6 heteroatoms. The van der Waals surface area contributed by atoms with Crippen LogP contribution in [0.1, 0.15) is 5.56 Å². The molecule has 0 N–H and O–H groups in total. The fraction of sp³-hybridized carbons (Fsp3) is 0.0556. The number of allylic oxidation sites excluding steroid dienone is 2. The fourth-order valence-electron chi connectivity index (χ4n) is 2.06. The van der Waals surface area contributed by atoms with Crippen molar-refractivity contribution in [1.82, 2.24) is 9.88 Å². The average molecular weight is 353 g/mol. The van der Waals surface area contributed by atoms with Crippen LogP contribution in [0.4, 0.5) is 5.13 Å². The lowest BCUT2D eigenvalue weighted by atomic mass is 10.2. The highest BCUT2D eigenvalue weighted by molar-refractivity contribution is 8.18. The molecule has 2 aromatic rings. The molecule has 24 heavy (non-hydrogen) atoms. The molecule has 0 unspecified atom stereocenters. The summed E-state index contributed by atoms with van der Waals surface area (Å²) < 4.78 is 0. The topological polar surface area (TPSA) is 45.6 Å². The summed E-state index contributed by atoms with van der Waals surface area (Å²) in [6.45, 7) is 4.14. The Morgan fingerprint density at radius 3 is 2.83 bits per heavy atom. The Balaban J connectivity index is 1.82. The molecule has 0 aliphatic carbocycles. The molecule has 0 radical (unpaired) electrons. The first kappa shape index (κ1) is 16.4. The normalized spacial score (nSPS) is 18.2. The molecule has 2 heterocycles. The molecule has 1 aromatic heterocycles. The predicted molar refractivity (Wildman–Crippen MR) is 102 cm³/mol. The number of thiazole rings is 1. The number of aromatic nitrogens is 1. The Morgan fingerprint density at radius 2 is 2.12 bits per heavy atom. The third kappa shape index (κ3) is 3.90. The van der Waals surface area contributed by atoms with Gasteiger partial charge in [-0.05, 0) is 23.4 Å². The molecular formula is C18H15N3OS2. The van der Waals surface area contributed by atoms with Gasteiger partial charge < -0.3 is 0 Å². The van der Waals surface area contributed by atoms with Crippen LogP contribution >= 0.6 is 23.1 Å². The van der Waals surface area contributed by atoms with E-state index in [0.717, 1.165) is 5.56 Å². The van der Waals surface area contributed by atoms with Crippen molar-refractivity contribution >= 4 is 45.4 Å². The van der Waals surface area contributed by atoms with E-state index in [9.17, 15) is 4.79 Å². The third-order valence-electron chi connectivity index (χ3n) is 3.15. The highest BCUT2D eigenvalue weighted by Gasteiger charge is 2.32. The van der Waals surface area contributed by atoms with E-state index in [1.54, 1.807) is 17.2 Å². The van der Waals surface area contributed by atoms with Crippen molar-refractivity contribution in [3.63, 3.8) is 0 Å². The van der Waals surface area contributed by atoms with Crippen LogP contribution in [0.25, 0.3) is 6.08 Å². The number of carbonyl (C=O) groups is 1. The number of nitrogens with zero attached hydrogens (tertiary/aromatic N) is 3. The summed E-state index contributed by atoms with van der Waals surface area (Å²) in [5.74, 6) is -0.0621. The number of amidine groups is 1. The van der Waals surface area contributed by atoms with Gasteiger partial charge in [0, 0.05) is 18.1 Å². The van der Waals surface area contributed by atoms with Crippen LogP contribution in [-0.2, 0) is 4.79 Å². The van der Waals surface area contributed by atoms with Crippen LogP contribution in [0.5, 0.6) is 0 Å². The molecule has 0 atom stereocenters. The van der Waals surface area contributed by atoms with Gasteiger partial charge in [0.05, 0.1) is 4.91 Å². The van der Waals surface area contributed by atoms with Gasteiger partial charge in [0.25, 0.3) is 5.91 Å². The Hall–Kier alpha value is -2.44. The van der Waals surface area contributed by atoms with Crippen molar-refractivity contribution in [2.75, 3.05) is 6.54 Å². The third-order valence-corrected chi connectivity index (χ3v) is 4.84. The van der Waals surface area contributed by atoms with E-state index in [2.05, 4.69) is 16.6 Å². The van der Waals surface area contributed by atoms with E-state index < -0.39 is 0 Å². The number of benzene rings is 1. The summed E-state index contributed by atoms with van der Waals surface area (Å²) in [5.41, 5.74) is 1.09. The van der Waals surface area contributed by atoms with Crippen molar-refractivity contribution in [2.45, 2.75) is 0 Å². The highest BCUT2D eigenvalue weighted by Crippen LogP contribution is 2.33. The van der Waals surface area contributed by atoms with Gasteiger partial charge in [0.15, 0.2) is 5.17 Å². The number of carbonyl (C=O) groups excluding carboxylic acids is 1. The van der Waals surface area contributed by atoms with Gasteiger partial charge in [-0.3, -0.25) is 9.69 Å². The maximum absolute atomic E-state index is 12.5. The summed E-state index contributed by atoms with van der Waals surface area (Å²) in [6, 6.07) is 9.95. The number of amides is 1. The van der Waals surface area contributed by atoms with Crippen LogP contribution < -0.4 is 0 Å². The van der Waals surface area contributed by atoms with Crippen molar-refractivity contribution in [2.24, 2.45) is 4.99 Å². The molecule has 1 aliphatic rings. The van der Waals surface area contributed by atoms with E-state index in [-0.39, 0.29) is 5.91 Å². The van der Waals surface area contributed by atoms with Crippen LogP contribution in [0.2, 0.25) is 0 Å². The van der Waals surface area contributed by atoms with Gasteiger partial charge in [-0.15, -0.1) is 17.9 Å². The van der Waals surface area contributed by atoms with Gasteiger partial charge in [-0.1, -0.05) is 48.6 Å². The van der Waals surface area contributed by atoms with E-state index in [1.165, 1.54) is 23.1 Å². The summed E-state index contributed by atoms with van der Waals surface area (Å²) in [5, 5.41) is 3.13. The largest absolute Gasteiger partial charge is 0.282 e. The van der Waals surface area contributed by atoms with Gasteiger partial charge in [0.2, 0.25) is 5.13 Å². The Kier molecular flexibility index (Phi) is 5.40. The molecule has 1 fully saturated rings. The summed E-state index contributed by atoms with van der Waals surface area (Å²) in [6.07, 6.45) is 9.06. The van der Waals surface area contributed by atoms with Gasteiger partial charge in [-0.2, -0.15) is 4.99 Å². The average Bonchev–Trinajstić information content (AvgIpc) is 3.20. The number of hydrogen-bond acceptors (Lipinski definition) is 5. The zero-order valence-corrected chi connectivity index (χ0v) is 14.5. The van der Waals surface area contributed by atoms with Crippen LogP contribution in [0.3, 0.4) is 0 Å². The van der Waals surface area contributed by atoms with Crippen LogP contribution in [0.15, 0.2) is 76.6 Å². The van der Waals surface area contributed by atoms with Gasteiger partial charge in [0.1, 0.15) is 0 Å². The number of aliphatic imine (C=N–C) groups is 1. The molecule has 0 bridgehead atoms. The second-order valence-corrected chi connectivity index (χ2v) is 6.70. The van der Waals surface area contributed by atoms with E-state index >= 15 is 0 Å². The first-order valence-electron chi connectivity index (χ1n) is 7.30. The van der Waals surface area contributed by atoms with Crippen molar-refractivity contribution in [3.8, 4) is 0 Å². The maximum atomic E-state index is 12.5. The number of hydrogen-bond donors (Lipinski definition) is 0. The lowest BCUT2D eigenvalue weighted by Gasteiger charge is -2.11. The summed E-state index contributed by atoms with van der Waals surface area (Å²) >= 11 is 2.79. The Bertz CT molecular complexity index is 808. The van der Waals surface area contributed by atoms with E-state index in [1.807, 2.05) is 53.9 Å². The number of thioether (sulfide) groups is 1. The molecule has 0 saturated carbocycles. The zero-order valence-electron chi connectivity index (χ0n) is 12.8. The molecule has 1 saturated heterocycles. The molecule has 0 spiro atoms. The lowest BCUT2D eigenvalue weighted by molar-refractivity contribution is -0.121. The van der Waals surface area contributed by atoms with Crippen LogP contribution in [-0.4, -0.2) is 27.5 Å². The molecule has 3 rings (SSSR count). The molecule has 4 nitrogen and oxygen atoms in total. The monoisotopic (exact) mass is 353 g/mol. The van der Waals surface area contributed by atoms with Crippen molar-refractivity contribution < 1.29 is 4.79 Å². The Morgan fingerprint density at radius 1 is 1.29 bits per heavy atom. The maximum Gasteiger partial charge on any atom is 0.267 e. The smallest absolute Gasteiger partial charge is 0.267 e. The van der Waals surface area contributed by atoms with Crippen molar-refractivity contribution in [1.29, 1.82) is 0 Å². The summed E-state index contributed by atoms with van der Waals surface area (Å²) in [7, 11) is 0. The van der Waals surface area contributed by atoms with E-state index in [0.29, 0.717) is 21.7 Å².